The second-order valence-electron chi connectivity index (χ2n) is 4.23. The number of nitrogen functional groups attached to an aromatic ring is 1. The Bertz CT molecular complexity index is 579. The van der Waals surface area contributed by atoms with E-state index in [-0.39, 0.29) is 5.88 Å². The van der Waals surface area contributed by atoms with Crippen LogP contribution >= 0.6 is 0 Å². The Hall–Kier alpha value is -2.41. The summed E-state index contributed by atoms with van der Waals surface area (Å²) in [6.45, 7) is 2.84. The molecule has 0 spiro atoms. The second-order valence-corrected chi connectivity index (χ2v) is 4.23. The molecule has 1 heterocycles. The van der Waals surface area contributed by atoms with E-state index in [1.807, 2.05) is 30.3 Å². The summed E-state index contributed by atoms with van der Waals surface area (Å²) in [6.07, 6.45) is 3.65. The maximum absolute atomic E-state index is 9.03. The number of hydrogen-bond donors (Lipinski definition) is 1. The van der Waals surface area contributed by atoms with Gasteiger partial charge in [-0.1, -0.05) is 25.5 Å². The zero-order valence-corrected chi connectivity index (χ0v) is 10.8. The molecule has 1 aromatic carbocycles. The molecule has 98 valence electrons. The van der Waals surface area contributed by atoms with E-state index in [4.69, 9.17) is 20.1 Å². The molecule has 0 fully saturated rings. The van der Waals surface area contributed by atoms with Crippen LogP contribution in [0.15, 0.2) is 34.9 Å². The van der Waals surface area contributed by atoms with Crippen molar-refractivity contribution in [3.8, 4) is 22.9 Å². The van der Waals surface area contributed by atoms with Crippen LogP contribution in [0.2, 0.25) is 0 Å². The number of nitrogens with two attached hydrogens (primary N) is 1. The Morgan fingerprint density at radius 3 is 2.68 bits per heavy atom. The summed E-state index contributed by atoms with van der Waals surface area (Å²) in [4.78, 5) is 0. The van der Waals surface area contributed by atoms with Crippen molar-refractivity contribution in [3.05, 3.63) is 36.1 Å². The first kappa shape index (κ1) is 13.0. The lowest BCUT2D eigenvalue weighted by atomic mass is 10.0. The quantitative estimate of drug-likeness (QED) is 0.830. The molecule has 2 N–H and O–H groups in total. The number of hydrogen-bond acceptors (Lipinski definition) is 4. The van der Waals surface area contributed by atoms with E-state index in [2.05, 4.69) is 6.92 Å². The lowest BCUT2D eigenvalue weighted by Crippen LogP contribution is -1.96. The van der Waals surface area contributed by atoms with Gasteiger partial charge >= 0.3 is 0 Å². The third-order valence-electron chi connectivity index (χ3n) is 2.86. The molecule has 0 atom stereocenters. The van der Waals surface area contributed by atoms with Crippen LogP contribution in [0.1, 0.15) is 25.3 Å². The number of furan rings is 1. The fourth-order valence-electron chi connectivity index (χ4n) is 1.77. The van der Waals surface area contributed by atoms with Crippen LogP contribution in [0.3, 0.4) is 0 Å². The minimum atomic E-state index is 0.153. The highest BCUT2D eigenvalue weighted by Gasteiger charge is 2.12. The zero-order valence-electron chi connectivity index (χ0n) is 10.8. The van der Waals surface area contributed by atoms with Crippen molar-refractivity contribution in [1.29, 1.82) is 5.26 Å². The smallest absolute Gasteiger partial charge is 0.208 e. The fraction of sp³-hybridized carbons (Fsp3) is 0.267. The molecule has 0 unspecified atom stereocenters. The van der Waals surface area contributed by atoms with Gasteiger partial charge in [0.1, 0.15) is 23.6 Å². The highest BCUT2D eigenvalue weighted by Crippen LogP contribution is 2.30. The van der Waals surface area contributed by atoms with Crippen molar-refractivity contribution in [2.45, 2.75) is 19.8 Å². The molecule has 0 saturated heterocycles. The first-order valence-electron chi connectivity index (χ1n) is 6.26. The Morgan fingerprint density at radius 1 is 1.32 bits per heavy atom. The van der Waals surface area contributed by atoms with Gasteiger partial charge in [0.15, 0.2) is 0 Å². The van der Waals surface area contributed by atoms with Gasteiger partial charge in [-0.2, -0.15) is 5.26 Å². The summed E-state index contributed by atoms with van der Waals surface area (Å²) in [5.41, 5.74) is 7.56. The average molecular weight is 256 g/mol. The lowest BCUT2D eigenvalue weighted by molar-refractivity contribution is 0.309. The van der Waals surface area contributed by atoms with Crippen LogP contribution in [0.25, 0.3) is 11.1 Å². The van der Waals surface area contributed by atoms with E-state index in [0.717, 1.165) is 30.8 Å². The molecule has 1 aromatic heterocycles. The molecule has 0 radical (unpaired) electrons. The Balaban J connectivity index is 2.16. The number of benzene rings is 1. The number of nitrogens with zero attached hydrogens (tertiary/aromatic N) is 1. The summed E-state index contributed by atoms with van der Waals surface area (Å²) < 4.78 is 10.7. The van der Waals surface area contributed by atoms with Gasteiger partial charge in [0.05, 0.1) is 6.61 Å². The maximum Gasteiger partial charge on any atom is 0.208 e. The van der Waals surface area contributed by atoms with Crippen molar-refractivity contribution < 1.29 is 9.15 Å². The molecule has 2 aromatic rings. The summed E-state index contributed by atoms with van der Waals surface area (Å²) in [5.74, 6) is 0.980. The van der Waals surface area contributed by atoms with Gasteiger partial charge in [-0.05, 0) is 24.1 Å². The number of anilines is 1. The van der Waals surface area contributed by atoms with Crippen LogP contribution < -0.4 is 10.5 Å². The third-order valence-corrected chi connectivity index (χ3v) is 2.86. The highest BCUT2D eigenvalue weighted by atomic mass is 16.5. The van der Waals surface area contributed by atoms with Gasteiger partial charge in [0.2, 0.25) is 5.88 Å². The number of unbranched alkanes of at least 4 members (excludes halogenated alkanes) is 1. The second kappa shape index (κ2) is 5.96. The van der Waals surface area contributed by atoms with Crippen LogP contribution in [-0.2, 0) is 0 Å². The predicted molar refractivity (Wildman–Crippen MR) is 73.7 cm³/mol. The predicted octanol–water partition coefficient (Wildman–Crippen LogP) is 3.58. The van der Waals surface area contributed by atoms with Crippen molar-refractivity contribution in [2.75, 3.05) is 12.3 Å². The summed E-state index contributed by atoms with van der Waals surface area (Å²) in [5, 5.41) is 9.03. The SMILES string of the molecule is CCCCOc1ccc(-c2coc(N)c2C#N)cc1. The van der Waals surface area contributed by atoms with E-state index in [1.54, 1.807) is 0 Å². The van der Waals surface area contributed by atoms with Gasteiger partial charge in [-0.15, -0.1) is 0 Å². The maximum atomic E-state index is 9.03. The van der Waals surface area contributed by atoms with E-state index >= 15 is 0 Å². The molecule has 0 aliphatic heterocycles. The standard InChI is InChI=1S/C15H16N2O2/c1-2-3-8-18-12-6-4-11(5-7-12)14-10-19-15(17)13(14)9-16/h4-7,10H,2-3,8,17H2,1H3. The molecule has 0 bridgehead atoms. The third kappa shape index (κ3) is 2.89. The fourth-order valence-corrected chi connectivity index (χ4v) is 1.77. The molecule has 0 amide bonds. The van der Waals surface area contributed by atoms with Crippen molar-refractivity contribution in [3.63, 3.8) is 0 Å². The Kier molecular flexibility index (Phi) is 4.09. The highest BCUT2D eigenvalue weighted by molar-refractivity contribution is 5.74. The minimum Gasteiger partial charge on any atom is -0.494 e. The summed E-state index contributed by atoms with van der Waals surface area (Å²) in [7, 11) is 0. The van der Waals surface area contributed by atoms with Crippen molar-refractivity contribution >= 4 is 5.88 Å². The average Bonchev–Trinajstić information content (AvgIpc) is 2.81. The van der Waals surface area contributed by atoms with Crippen molar-refractivity contribution in [2.24, 2.45) is 0 Å². The van der Waals surface area contributed by atoms with Gasteiger partial charge in [0, 0.05) is 5.56 Å². The van der Waals surface area contributed by atoms with Crippen LogP contribution in [0, 0.1) is 11.3 Å². The van der Waals surface area contributed by atoms with E-state index in [1.165, 1.54) is 6.26 Å². The molecular weight excluding hydrogens is 240 g/mol. The van der Waals surface area contributed by atoms with Gasteiger partial charge in [-0.25, -0.2) is 0 Å². The summed E-state index contributed by atoms with van der Waals surface area (Å²) >= 11 is 0. The molecular formula is C15H16N2O2. The van der Waals surface area contributed by atoms with Crippen molar-refractivity contribution in [1.82, 2.24) is 0 Å². The number of rotatable bonds is 5. The van der Waals surface area contributed by atoms with Gasteiger partial charge in [-0.3, -0.25) is 0 Å². The first-order valence-corrected chi connectivity index (χ1v) is 6.26. The summed E-state index contributed by atoms with van der Waals surface area (Å²) in [6, 6.07) is 9.61. The van der Waals surface area contributed by atoms with E-state index in [9.17, 15) is 0 Å². The molecule has 2 rings (SSSR count). The molecule has 19 heavy (non-hydrogen) atoms. The van der Waals surface area contributed by atoms with Crippen LogP contribution in [-0.4, -0.2) is 6.61 Å². The van der Waals surface area contributed by atoms with E-state index < -0.39 is 0 Å². The number of ether oxygens (including phenoxy) is 1. The minimum absolute atomic E-state index is 0.153. The lowest BCUT2D eigenvalue weighted by Gasteiger charge is -2.05. The van der Waals surface area contributed by atoms with Crippen LogP contribution in [0.4, 0.5) is 5.88 Å². The van der Waals surface area contributed by atoms with Gasteiger partial charge in [0.25, 0.3) is 0 Å². The topological polar surface area (TPSA) is 72.2 Å². The Morgan fingerprint density at radius 2 is 2.05 bits per heavy atom. The molecule has 4 heteroatoms. The van der Waals surface area contributed by atoms with E-state index in [0.29, 0.717) is 11.1 Å². The monoisotopic (exact) mass is 256 g/mol. The zero-order chi connectivity index (χ0) is 13.7. The first-order chi connectivity index (χ1) is 9.26. The molecule has 4 nitrogen and oxygen atoms in total. The molecule has 0 aliphatic carbocycles. The molecule has 0 aliphatic rings. The normalized spacial score (nSPS) is 10.1. The number of nitriles is 1. The Labute approximate surface area is 112 Å². The van der Waals surface area contributed by atoms with Gasteiger partial charge < -0.3 is 14.9 Å². The molecule has 0 saturated carbocycles. The van der Waals surface area contributed by atoms with Crippen LogP contribution in [0.5, 0.6) is 5.75 Å². The largest absolute Gasteiger partial charge is 0.494 e.